The van der Waals surface area contributed by atoms with Crippen LogP contribution in [0.4, 0.5) is 0 Å². The highest BCUT2D eigenvalue weighted by Gasteiger charge is 2.18. The first kappa shape index (κ1) is 17.9. The third kappa shape index (κ3) is 4.08. The van der Waals surface area contributed by atoms with Crippen LogP contribution >= 0.6 is 12.2 Å². The SMILES string of the molecule is CC[C@H](C)NC(=O)[C@H](C)NC(=O)c1ccc2c(=O)[nH]c(=S)[nH]c2c1. The molecule has 2 amide bonds. The van der Waals surface area contributed by atoms with Crippen molar-refractivity contribution in [2.24, 2.45) is 0 Å². The minimum Gasteiger partial charge on any atom is -0.352 e. The molecule has 2 rings (SSSR count). The fraction of sp³-hybridized carbons (Fsp3) is 0.375. The number of amides is 2. The van der Waals surface area contributed by atoms with Crippen LogP contribution in [0.25, 0.3) is 10.9 Å². The van der Waals surface area contributed by atoms with Gasteiger partial charge in [-0.05, 0) is 50.7 Å². The second-order valence-electron chi connectivity index (χ2n) is 5.68. The lowest BCUT2D eigenvalue weighted by Crippen LogP contribution is -2.47. The Bertz CT molecular complexity index is 887. The van der Waals surface area contributed by atoms with Crippen molar-refractivity contribution in [1.82, 2.24) is 20.6 Å². The smallest absolute Gasteiger partial charge is 0.259 e. The second kappa shape index (κ2) is 7.39. The Balaban J connectivity index is 2.18. The average molecular weight is 348 g/mol. The summed E-state index contributed by atoms with van der Waals surface area (Å²) in [6.45, 7) is 5.49. The number of rotatable bonds is 5. The molecule has 0 saturated heterocycles. The molecule has 0 bridgehead atoms. The minimum absolute atomic E-state index is 0.0457. The summed E-state index contributed by atoms with van der Waals surface area (Å²) < 4.78 is 0.186. The van der Waals surface area contributed by atoms with Crippen LogP contribution in [0.15, 0.2) is 23.0 Å². The number of benzene rings is 1. The van der Waals surface area contributed by atoms with Gasteiger partial charge in [0, 0.05) is 11.6 Å². The molecule has 0 aliphatic rings. The monoisotopic (exact) mass is 348 g/mol. The average Bonchev–Trinajstić information content (AvgIpc) is 2.53. The van der Waals surface area contributed by atoms with Crippen molar-refractivity contribution in [1.29, 1.82) is 0 Å². The molecule has 0 fully saturated rings. The molecule has 24 heavy (non-hydrogen) atoms. The van der Waals surface area contributed by atoms with Gasteiger partial charge >= 0.3 is 0 Å². The van der Waals surface area contributed by atoms with Crippen LogP contribution < -0.4 is 16.2 Å². The maximum atomic E-state index is 12.3. The third-order valence-electron chi connectivity index (χ3n) is 3.74. The van der Waals surface area contributed by atoms with E-state index in [1.807, 2.05) is 13.8 Å². The van der Waals surface area contributed by atoms with E-state index in [0.717, 1.165) is 6.42 Å². The first-order valence-corrected chi connectivity index (χ1v) is 8.10. The van der Waals surface area contributed by atoms with Gasteiger partial charge in [-0.1, -0.05) is 6.92 Å². The number of hydrogen-bond acceptors (Lipinski definition) is 4. The molecule has 2 aromatic rings. The normalized spacial score (nSPS) is 13.3. The van der Waals surface area contributed by atoms with Crippen molar-refractivity contribution < 1.29 is 9.59 Å². The lowest BCUT2D eigenvalue weighted by molar-refractivity contribution is -0.123. The van der Waals surface area contributed by atoms with Gasteiger partial charge in [-0.2, -0.15) is 0 Å². The summed E-state index contributed by atoms with van der Waals surface area (Å²) in [7, 11) is 0. The summed E-state index contributed by atoms with van der Waals surface area (Å²) in [5.41, 5.74) is 0.483. The molecule has 8 heteroatoms. The Morgan fingerprint density at radius 2 is 1.92 bits per heavy atom. The van der Waals surface area contributed by atoms with Gasteiger partial charge in [-0.25, -0.2) is 0 Å². The zero-order valence-corrected chi connectivity index (χ0v) is 14.5. The van der Waals surface area contributed by atoms with E-state index >= 15 is 0 Å². The summed E-state index contributed by atoms with van der Waals surface area (Å²) in [6, 6.07) is 3.99. The molecule has 128 valence electrons. The number of carbonyl (C=O) groups is 2. The van der Waals surface area contributed by atoms with E-state index in [0.29, 0.717) is 16.5 Å². The molecular formula is C16H20N4O3S. The molecule has 1 heterocycles. The molecule has 0 radical (unpaired) electrons. The predicted octanol–water partition coefficient (Wildman–Crippen LogP) is 1.62. The predicted molar refractivity (Wildman–Crippen MR) is 94.6 cm³/mol. The topological polar surface area (TPSA) is 107 Å². The molecule has 1 aromatic carbocycles. The molecule has 0 saturated carbocycles. The van der Waals surface area contributed by atoms with E-state index in [1.54, 1.807) is 6.92 Å². The molecule has 7 nitrogen and oxygen atoms in total. The Labute approximate surface area is 143 Å². The molecule has 0 spiro atoms. The van der Waals surface area contributed by atoms with Crippen LogP contribution in [0, 0.1) is 4.77 Å². The maximum absolute atomic E-state index is 12.3. The van der Waals surface area contributed by atoms with Crippen molar-refractivity contribution in [3.8, 4) is 0 Å². The number of nitrogens with one attached hydrogen (secondary N) is 4. The minimum atomic E-state index is -0.667. The Morgan fingerprint density at radius 1 is 1.21 bits per heavy atom. The van der Waals surface area contributed by atoms with Gasteiger partial charge in [0.05, 0.1) is 10.9 Å². The highest BCUT2D eigenvalue weighted by Crippen LogP contribution is 2.10. The largest absolute Gasteiger partial charge is 0.352 e. The number of aromatic amines is 2. The summed E-state index contributed by atoms with van der Waals surface area (Å²) in [4.78, 5) is 41.4. The van der Waals surface area contributed by atoms with E-state index in [9.17, 15) is 14.4 Å². The number of aromatic nitrogens is 2. The Morgan fingerprint density at radius 3 is 2.58 bits per heavy atom. The van der Waals surface area contributed by atoms with E-state index in [4.69, 9.17) is 12.2 Å². The highest BCUT2D eigenvalue weighted by molar-refractivity contribution is 7.71. The van der Waals surface area contributed by atoms with E-state index in [-0.39, 0.29) is 22.3 Å². The molecule has 0 unspecified atom stereocenters. The zero-order valence-electron chi connectivity index (χ0n) is 13.7. The van der Waals surface area contributed by atoms with Crippen LogP contribution in [0.3, 0.4) is 0 Å². The highest BCUT2D eigenvalue weighted by atomic mass is 32.1. The summed E-state index contributed by atoms with van der Waals surface area (Å²) in [6.07, 6.45) is 0.810. The fourth-order valence-corrected chi connectivity index (χ4v) is 2.33. The molecule has 1 aromatic heterocycles. The summed E-state index contributed by atoms with van der Waals surface area (Å²) >= 11 is 4.93. The van der Waals surface area contributed by atoms with Crippen molar-refractivity contribution in [3.63, 3.8) is 0 Å². The molecule has 4 N–H and O–H groups in total. The van der Waals surface area contributed by atoms with Crippen molar-refractivity contribution in [3.05, 3.63) is 38.9 Å². The van der Waals surface area contributed by atoms with Gasteiger partial charge in [0.15, 0.2) is 4.77 Å². The van der Waals surface area contributed by atoms with E-state index in [2.05, 4.69) is 20.6 Å². The van der Waals surface area contributed by atoms with Gasteiger partial charge in [0.25, 0.3) is 11.5 Å². The molecular weight excluding hydrogens is 328 g/mol. The second-order valence-corrected chi connectivity index (χ2v) is 6.09. The first-order chi connectivity index (χ1) is 11.3. The number of hydrogen-bond donors (Lipinski definition) is 4. The number of H-pyrrole nitrogens is 2. The zero-order chi connectivity index (χ0) is 17.9. The summed E-state index contributed by atoms with van der Waals surface area (Å²) in [5.74, 6) is -0.641. The Kier molecular flexibility index (Phi) is 5.50. The van der Waals surface area contributed by atoms with Gasteiger partial charge in [0.2, 0.25) is 5.91 Å². The van der Waals surface area contributed by atoms with E-state index in [1.165, 1.54) is 18.2 Å². The van der Waals surface area contributed by atoms with Crippen LogP contribution in [-0.2, 0) is 4.79 Å². The van der Waals surface area contributed by atoms with Crippen LogP contribution in [0.1, 0.15) is 37.6 Å². The maximum Gasteiger partial charge on any atom is 0.259 e. The van der Waals surface area contributed by atoms with E-state index < -0.39 is 11.9 Å². The number of carbonyl (C=O) groups excluding carboxylic acids is 2. The molecule has 0 aliphatic carbocycles. The standard InChI is InChI=1S/C16H20N4O3S/c1-4-8(2)17-13(21)9(3)18-14(22)10-5-6-11-12(7-10)19-16(24)20-15(11)23/h5-9H,4H2,1-3H3,(H,17,21)(H,18,22)(H2,19,20,23,24)/t8-,9-/m0/s1. The van der Waals surface area contributed by atoms with Crippen LogP contribution in [0.5, 0.6) is 0 Å². The molecule has 2 atom stereocenters. The lowest BCUT2D eigenvalue weighted by Gasteiger charge is -2.17. The fourth-order valence-electron chi connectivity index (χ4n) is 2.13. The van der Waals surface area contributed by atoms with Gasteiger partial charge in [-0.3, -0.25) is 19.4 Å². The Hall–Kier alpha value is -2.48. The first-order valence-electron chi connectivity index (χ1n) is 7.69. The van der Waals surface area contributed by atoms with Gasteiger partial charge < -0.3 is 15.6 Å². The van der Waals surface area contributed by atoms with Crippen LogP contribution in [-0.4, -0.2) is 33.9 Å². The van der Waals surface area contributed by atoms with Gasteiger partial charge in [-0.15, -0.1) is 0 Å². The third-order valence-corrected chi connectivity index (χ3v) is 3.95. The van der Waals surface area contributed by atoms with Crippen molar-refractivity contribution in [2.75, 3.05) is 0 Å². The lowest BCUT2D eigenvalue weighted by atomic mass is 10.1. The van der Waals surface area contributed by atoms with Crippen molar-refractivity contribution >= 4 is 34.9 Å². The van der Waals surface area contributed by atoms with Crippen molar-refractivity contribution in [2.45, 2.75) is 39.3 Å². The van der Waals surface area contributed by atoms with Crippen LogP contribution in [0.2, 0.25) is 0 Å². The van der Waals surface area contributed by atoms with Gasteiger partial charge in [0.1, 0.15) is 6.04 Å². The number of fused-ring (bicyclic) bond motifs is 1. The summed E-state index contributed by atoms with van der Waals surface area (Å²) in [5, 5.41) is 5.86. The molecule has 0 aliphatic heterocycles. The quantitative estimate of drug-likeness (QED) is 0.616.